The molecule has 1 saturated heterocycles. The first-order valence-electron chi connectivity index (χ1n) is 12.7. The Bertz CT molecular complexity index is 1020. The molecule has 2 aliphatic rings. The lowest BCUT2D eigenvalue weighted by atomic mass is 9.86. The number of nitrogens with zero attached hydrogens (tertiary/aromatic N) is 2. The highest BCUT2D eigenvalue weighted by molar-refractivity contribution is 6.31. The van der Waals surface area contributed by atoms with Crippen molar-refractivity contribution in [2.75, 3.05) is 31.6 Å². The van der Waals surface area contributed by atoms with E-state index in [1.165, 1.54) is 11.1 Å². The lowest BCUT2D eigenvalue weighted by molar-refractivity contribution is -0.123. The van der Waals surface area contributed by atoms with Crippen molar-refractivity contribution in [3.8, 4) is 5.75 Å². The molecule has 190 valence electrons. The Morgan fingerprint density at radius 2 is 1.94 bits per heavy atom. The number of amides is 1. The van der Waals surface area contributed by atoms with Crippen molar-refractivity contribution in [2.45, 2.75) is 64.8 Å². The van der Waals surface area contributed by atoms with Gasteiger partial charge in [-0.1, -0.05) is 17.7 Å². The second-order valence-electron chi connectivity index (χ2n) is 10.1. The summed E-state index contributed by atoms with van der Waals surface area (Å²) in [6, 6.07) is 12.3. The molecular weight excluding hydrogens is 462 g/mol. The smallest absolute Gasteiger partial charge is 0.229 e. The quantitative estimate of drug-likeness (QED) is 0.585. The molecule has 7 heteroatoms. The Morgan fingerprint density at radius 3 is 2.63 bits per heavy atom. The van der Waals surface area contributed by atoms with Crippen LogP contribution >= 0.6 is 11.6 Å². The first-order valence-corrected chi connectivity index (χ1v) is 13.1. The summed E-state index contributed by atoms with van der Waals surface area (Å²) in [6.07, 6.45) is 3.37. The van der Waals surface area contributed by atoms with Gasteiger partial charge in [0.15, 0.2) is 0 Å². The van der Waals surface area contributed by atoms with E-state index in [9.17, 15) is 9.90 Å². The molecule has 6 nitrogen and oxygen atoms in total. The molecule has 2 aromatic rings. The maximum Gasteiger partial charge on any atom is 0.229 e. The van der Waals surface area contributed by atoms with Crippen molar-refractivity contribution >= 4 is 23.2 Å². The van der Waals surface area contributed by atoms with Crippen LogP contribution in [0.1, 0.15) is 49.3 Å². The van der Waals surface area contributed by atoms with Gasteiger partial charge >= 0.3 is 0 Å². The van der Waals surface area contributed by atoms with Crippen LogP contribution in [0.15, 0.2) is 36.4 Å². The lowest BCUT2D eigenvalue weighted by Gasteiger charge is -2.32. The van der Waals surface area contributed by atoms with Gasteiger partial charge in [-0.2, -0.15) is 0 Å². The molecular formula is C28H38ClN3O3. The summed E-state index contributed by atoms with van der Waals surface area (Å²) in [5, 5.41) is 13.5. The van der Waals surface area contributed by atoms with Crippen LogP contribution in [0.25, 0.3) is 0 Å². The van der Waals surface area contributed by atoms with Crippen LogP contribution in [-0.4, -0.2) is 54.7 Å². The zero-order valence-corrected chi connectivity index (χ0v) is 21.9. The monoisotopic (exact) mass is 499 g/mol. The Kier molecular flexibility index (Phi) is 8.71. The maximum atomic E-state index is 13.3. The summed E-state index contributed by atoms with van der Waals surface area (Å²) in [5.74, 6) is 0.914. The van der Waals surface area contributed by atoms with E-state index in [0.29, 0.717) is 16.6 Å². The van der Waals surface area contributed by atoms with Crippen LogP contribution in [0, 0.1) is 12.8 Å². The van der Waals surface area contributed by atoms with Crippen molar-refractivity contribution in [3.05, 3.63) is 58.1 Å². The zero-order chi connectivity index (χ0) is 24.9. The average Bonchev–Trinajstić information content (AvgIpc) is 2.86. The molecule has 1 heterocycles. The van der Waals surface area contributed by atoms with E-state index < -0.39 is 0 Å². The minimum Gasteiger partial charge on any atom is -0.490 e. The molecule has 2 aromatic carbocycles. The Labute approximate surface area is 214 Å². The molecule has 35 heavy (non-hydrogen) atoms. The number of benzene rings is 2. The Hall–Kier alpha value is -2.12. The van der Waals surface area contributed by atoms with Crippen LogP contribution in [0.4, 0.5) is 5.69 Å². The molecule has 0 spiro atoms. The van der Waals surface area contributed by atoms with Gasteiger partial charge in [-0.15, -0.1) is 0 Å². The van der Waals surface area contributed by atoms with Crippen molar-refractivity contribution in [1.29, 1.82) is 0 Å². The van der Waals surface area contributed by atoms with Crippen molar-refractivity contribution < 1.29 is 14.6 Å². The second-order valence-corrected chi connectivity index (χ2v) is 10.5. The van der Waals surface area contributed by atoms with Gasteiger partial charge in [-0.05, 0) is 86.6 Å². The van der Waals surface area contributed by atoms with Crippen molar-refractivity contribution in [3.63, 3.8) is 0 Å². The van der Waals surface area contributed by atoms with Crippen LogP contribution in [0.2, 0.25) is 5.02 Å². The van der Waals surface area contributed by atoms with Crippen LogP contribution < -0.4 is 15.0 Å². The van der Waals surface area contributed by atoms with Crippen molar-refractivity contribution in [2.24, 2.45) is 5.92 Å². The molecule has 2 fully saturated rings. The maximum absolute atomic E-state index is 13.3. The SMILES string of the molecule is Cc1cc(N(C)C(=O)C2CCC(Oc3ccc(Cl)c(CO)c3)CC2)ccc1CN1CCN[C@@H](C)C1. The number of hydrogen-bond donors (Lipinski definition) is 2. The minimum absolute atomic E-state index is 0.0143. The number of rotatable bonds is 7. The summed E-state index contributed by atoms with van der Waals surface area (Å²) >= 11 is 6.08. The molecule has 0 radical (unpaired) electrons. The molecule has 2 N–H and O–H groups in total. The number of carbonyl (C=O) groups is 1. The Balaban J connectivity index is 1.30. The highest BCUT2D eigenvalue weighted by Crippen LogP contribution is 2.31. The van der Waals surface area contributed by atoms with Gasteiger partial charge in [0.2, 0.25) is 5.91 Å². The summed E-state index contributed by atoms with van der Waals surface area (Å²) in [6.45, 7) is 8.37. The molecule has 4 rings (SSSR count). The van der Waals surface area contributed by atoms with Crippen LogP contribution in [0.3, 0.4) is 0 Å². The number of aryl methyl sites for hydroxylation is 1. The van der Waals surface area contributed by atoms with Gasteiger partial charge in [-0.25, -0.2) is 0 Å². The third-order valence-electron chi connectivity index (χ3n) is 7.40. The number of aliphatic hydroxyl groups excluding tert-OH is 1. The largest absolute Gasteiger partial charge is 0.490 e. The van der Waals surface area contributed by atoms with E-state index in [4.69, 9.17) is 16.3 Å². The van der Waals surface area contributed by atoms with Gasteiger partial charge in [0, 0.05) is 55.9 Å². The molecule has 1 amide bonds. The fraction of sp³-hybridized carbons (Fsp3) is 0.536. The standard InChI is InChI=1S/C28H38ClN3O3/c1-19-14-24(7-4-22(19)17-32-13-12-30-20(2)16-32)31(3)28(34)21-5-8-25(9-6-21)35-26-10-11-27(29)23(15-26)18-33/h4,7,10-11,14-15,20-21,25,30,33H,5-6,8-9,12-13,16-18H2,1-3H3/t20-,21?,25?/m0/s1. The Morgan fingerprint density at radius 1 is 1.17 bits per heavy atom. The zero-order valence-electron chi connectivity index (χ0n) is 21.1. The fourth-order valence-corrected chi connectivity index (χ4v) is 5.41. The summed E-state index contributed by atoms with van der Waals surface area (Å²) in [5.41, 5.74) is 4.18. The first-order chi connectivity index (χ1) is 16.8. The number of aliphatic hydroxyl groups is 1. The predicted molar refractivity (Wildman–Crippen MR) is 141 cm³/mol. The van der Waals surface area contributed by atoms with E-state index in [0.717, 1.165) is 63.3 Å². The van der Waals surface area contributed by atoms with E-state index in [2.05, 4.69) is 42.3 Å². The van der Waals surface area contributed by atoms with E-state index in [-0.39, 0.29) is 24.5 Å². The van der Waals surface area contributed by atoms with Gasteiger partial charge in [0.1, 0.15) is 5.75 Å². The van der Waals surface area contributed by atoms with E-state index in [1.807, 2.05) is 18.0 Å². The number of piperazine rings is 1. The van der Waals surface area contributed by atoms with Crippen LogP contribution in [-0.2, 0) is 17.9 Å². The summed E-state index contributed by atoms with van der Waals surface area (Å²) < 4.78 is 6.12. The first kappa shape index (κ1) is 26.0. The lowest BCUT2D eigenvalue weighted by Crippen LogP contribution is -2.48. The third kappa shape index (κ3) is 6.56. The predicted octanol–water partition coefficient (Wildman–Crippen LogP) is 4.54. The molecule has 1 aliphatic carbocycles. The summed E-state index contributed by atoms with van der Waals surface area (Å²) in [4.78, 5) is 17.6. The minimum atomic E-state index is -0.112. The highest BCUT2D eigenvalue weighted by Gasteiger charge is 2.30. The van der Waals surface area contributed by atoms with Gasteiger partial charge in [0.25, 0.3) is 0 Å². The topological polar surface area (TPSA) is 65.0 Å². The molecule has 0 bridgehead atoms. The number of carbonyl (C=O) groups excluding carboxylic acids is 1. The number of halogens is 1. The number of nitrogens with one attached hydrogen (secondary N) is 1. The second kappa shape index (κ2) is 11.7. The van der Waals surface area contributed by atoms with Crippen molar-refractivity contribution in [1.82, 2.24) is 10.2 Å². The fourth-order valence-electron chi connectivity index (χ4n) is 5.23. The molecule has 1 saturated carbocycles. The van der Waals surface area contributed by atoms with E-state index in [1.54, 1.807) is 12.1 Å². The molecule has 0 unspecified atom stereocenters. The average molecular weight is 500 g/mol. The van der Waals surface area contributed by atoms with E-state index >= 15 is 0 Å². The molecule has 0 aromatic heterocycles. The van der Waals surface area contributed by atoms with Crippen LogP contribution in [0.5, 0.6) is 5.75 Å². The normalized spacial score (nSPS) is 23.2. The number of anilines is 1. The number of hydrogen-bond acceptors (Lipinski definition) is 5. The van der Waals surface area contributed by atoms with Gasteiger partial charge in [0.05, 0.1) is 12.7 Å². The third-order valence-corrected chi connectivity index (χ3v) is 7.77. The number of ether oxygens (including phenoxy) is 1. The highest BCUT2D eigenvalue weighted by atomic mass is 35.5. The van der Waals surface area contributed by atoms with Gasteiger partial charge < -0.3 is 20.1 Å². The summed E-state index contributed by atoms with van der Waals surface area (Å²) in [7, 11) is 1.89. The molecule has 1 atom stereocenters. The molecule has 1 aliphatic heterocycles. The van der Waals surface area contributed by atoms with Gasteiger partial charge in [-0.3, -0.25) is 9.69 Å².